The summed E-state index contributed by atoms with van der Waals surface area (Å²) >= 11 is 1.31. The van der Waals surface area contributed by atoms with Gasteiger partial charge in [0.2, 0.25) is 0 Å². The summed E-state index contributed by atoms with van der Waals surface area (Å²) in [5.74, 6) is 0. The van der Waals surface area contributed by atoms with Gasteiger partial charge in [0.25, 0.3) is 0 Å². The van der Waals surface area contributed by atoms with Gasteiger partial charge < -0.3 is 15.3 Å². The zero-order valence-corrected chi connectivity index (χ0v) is 10.1. The lowest BCUT2D eigenvalue weighted by Crippen LogP contribution is -2.32. The lowest BCUT2D eigenvalue weighted by atomic mass is 10.1. The molecule has 0 saturated carbocycles. The topological polar surface area (TPSA) is 104 Å². The molecule has 0 radical (unpaired) electrons. The molecule has 1 aliphatic rings. The van der Waals surface area contributed by atoms with Crippen LogP contribution in [-0.4, -0.2) is 58.9 Å². The Bertz CT molecular complexity index is 563. The predicted octanol–water partition coefficient (Wildman–Crippen LogP) is -0.846. The molecule has 0 bridgehead atoms. The monoisotopic (exact) mass is 268 g/mol. The highest BCUT2D eigenvalue weighted by molar-refractivity contribution is 8.00. The fourth-order valence-electron chi connectivity index (χ4n) is 2.08. The van der Waals surface area contributed by atoms with E-state index in [1.165, 1.54) is 18.1 Å². The zero-order chi connectivity index (χ0) is 12.7. The van der Waals surface area contributed by atoms with E-state index in [2.05, 4.69) is 15.0 Å². The first-order valence-corrected chi connectivity index (χ1v) is 6.41. The van der Waals surface area contributed by atoms with Gasteiger partial charge in [0, 0.05) is 0 Å². The smallest absolute Gasteiger partial charge is 0.164 e. The van der Waals surface area contributed by atoms with E-state index in [9.17, 15) is 10.2 Å². The molecule has 7 nitrogen and oxygen atoms in total. The van der Waals surface area contributed by atoms with Gasteiger partial charge in [-0.3, -0.25) is 4.57 Å². The van der Waals surface area contributed by atoms with Crippen LogP contribution >= 0.6 is 11.8 Å². The Morgan fingerprint density at radius 1 is 1.28 bits per heavy atom. The minimum absolute atomic E-state index is 0.180. The van der Waals surface area contributed by atoms with E-state index in [1.807, 2.05) is 0 Å². The van der Waals surface area contributed by atoms with Crippen LogP contribution in [0, 0.1) is 0 Å². The highest BCUT2D eigenvalue weighted by atomic mass is 32.2. The Morgan fingerprint density at radius 2 is 2.11 bits per heavy atom. The van der Waals surface area contributed by atoms with Gasteiger partial charge in [0.15, 0.2) is 5.65 Å². The number of aromatic nitrogens is 4. The molecule has 96 valence electrons. The molecule has 0 aliphatic carbocycles. The van der Waals surface area contributed by atoms with Crippen molar-refractivity contribution in [1.82, 2.24) is 19.5 Å². The van der Waals surface area contributed by atoms with Gasteiger partial charge in [-0.25, -0.2) is 15.0 Å². The second-order valence-electron chi connectivity index (χ2n) is 4.11. The van der Waals surface area contributed by atoms with E-state index < -0.39 is 22.8 Å². The van der Waals surface area contributed by atoms with Crippen LogP contribution < -0.4 is 0 Å². The van der Waals surface area contributed by atoms with E-state index in [0.717, 1.165) is 0 Å². The number of imidazole rings is 1. The number of aliphatic hydroxyl groups is 3. The fraction of sp³-hybridized carbons (Fsp3) is 0.500. The normalized spacial score (nSPS) is 32.2. The predicted molar refractivity (Wildman–Crippen MR) is 64.8 cm³/mol. The Kier molecular flexibility index (Phi) is 2.94. The molecule has 0 aromatic carbocycles. The summed E-state index contributed by atoms with van der Waals surface area (Å²) < 4.78 is 1.70. The molecule has 0 spiro atoms. The summed E-state index contributed by atoms with van der Waals surface area (Å²) in [6.45, 7) is -0.180. The molecular formula is C10H12N4O3S. The first-order chi connectivity index (χ1) is 8.72. The third-order valence-corrected chi connectivity index (χ3v) is 4.59. The first-order valence-electron chi connectivity index (χ1n) is 5.47. The Balaban J connectivity index is 2.00. The summed E-state index contributed by atoms with van der Waals surface area (Å²) in [5.41, 5.74) is 1.24. The highest BCUT2D eigenvalue weighted by Gasteiger charge is 2.43. The van der Waals surface area contributed by atoms with Crippen LogP contribution in [-0.2, 0) is 0 Å². The number of hydrogen-bond donors (Lipinski definition) is 3. The van der Waals surface area contributed by atoms with Crippen molar-refractivity contribution in [3.63, 3.8) is 0 Å². The van der Waals surface area contributed by atoms with Gasteiger partial charge in [-0.15, -0.1) is 11.8 Å². The minimum atomic E-state index is -0.959. The van der Waals surface area contributed by atoms with Crippen LogP contribution in [0.25, 0.3) is 11.2 Å². The first kappa shape index (κ1) is 11.8. The number of rotatable bonds is 2. The number of nitrogens with zero attached hydrogens (tertiary/aromatic N) is 4. The van der Waals surface area contributed by atoms with Crippen LogP contribution in [0.4, 0.5) is 0 Å². The van der Waals surface area contributed by atoms with Gasteiger partial charge in [0.1, 0.15) is 23.3 Å². The molecule has 4 atom stereocenters. The highest BCUT2D eigenvalue weighted by Crippen LogP contribution is 2.42. The second-order valence-corrected chi connectivity index (χ2v) is 5.47. The van der Waals surface area contributed by atoms with Gasteiger partial charge in [-0.1, -0.05) is 0 Å². The number of hydrogen-bond acceptors (Lipinski definition) is 7. The van der Waals surface area contributed by atoms with Gasteiger partial charge in [0.05, 0.1) is 30.5 Å². The largest absolute Gasteiger partial charge is 0.395 e. The molecule has 2 aromatic heterocycles. The zero-order valence-electron chi connectivity index (χ0n) is 9.29. The molecule has 3 heterocycles. The maximum atomic E-state index is 10.0. The van der Waals surface area contributed by atoms with Crippen molar-refractivity contribution >= 4 is 22.9 Å². The van der Waals surface area contributed by atoms with E-state index in [-0.39, 0.29) is 6.61 Å². The van der Waals surface area contributed by atoms with Crippen LogP contribution in [0.3, 0.4) is 0 Å². The van der Waals surface area contributed by atoms with Crippen LogP contribution in [0.5, 0.6) is 0 Å². The van der Waals surface area contributed by atoms with Crippen LogP contribution in [0.2, 0.25) is 0 Å². The number of thioether (sulfide) groups is 1. The van der Waals surface area contributed by atoms with Crippen molar-refractivity contribution in [2.24, 2.45) is 0 Å². The number of fused-ring (bicyclic) bond motifs is 1. The quantitative estimate of drug-likeness (QED) is 0.652. The lowest BCUT2D eigenvalue weighted by molar-refractivity contribution is 0.0113. The molecule has 3 rings (SSSR count). The average molecular weight is 268 g/mol. The SMILES string of the molecule is OC[C@@H]1SC(n2cnc3cncnc32)[C@H](O)[C@H]1O. The van der Waals surface area contributed by atoms with Crippen molar-refractivity contribution in [3.8, 4) is 0 Å². The molecule has 3 N–H and O–H groups in total. The third-order valence-electron chi connectivity index (χ3n) is 3.03. The minimum Gasteiger partial charge on any atom is -0.395 e. The molecule has 1 fully saturated rings. The molecule has 1 saturated heterocycles. The molecule has 1 unspecified atom stereocenters. The third kappa shape index (κ3) is 1.69. The van der Waals surface area contributed by atoms with Gasteiger partial charge in [-0.2, -0.15) is 0 Å². The van der Waals surface area contributed by atoms with E-state index in [0.29, 0.717) is 11.2 Å². The Morgan fingerprint density at radius 3 is 2.83 bits per heavy atom. The van der Waals surface area contributed by atoms with Crippen LogP contribution in [0.15, 0.2) is 18.9 Å². The van der Waals surface area contributed by atoms with E-state index in [4.69, 9.17) is 5.11 Å². The van der Waals surface area contributed by atoms with Crippen molar-refractivity contribution in [2.75, 3.05) is 6.61 Å². The summed E-state index contributed by atoms with van der Waals surface area (Å²) in [7, 11) is 0. The van der Waals surface area contributed by atoms with E-state index >= 15 is 0 Å². The van der Waals surface area contributed by atoms with Crippen molar-refractivity contribution in [2.45, 2.75) is 22.8 Å². The standard InChI is InChI=1S/C10H12N4O3S/c15-2-6-7(16)8(17)10(18-6)14-4-13-5-1-11-3-12-9(5)14/h1,3-4,6-8,10,15-17H,2H2/t6-,7-,8+,10?/m0/s1. The Labute approximate surface area is 107 Å². The number of aliphatic hydroxyl groups excluding tert-OH is 3. The maximum absolute atomic E-state index is 10.0. The van der Waals surface area contributed by atoms with Crippen LogP contribution in [0.1, 0.15) is 5.37 Å². The van der Waals surface area contributed by atoms with E-state index in [1.54, 1.807) is 17.1 Å². The average Bonchev–Trinajstić information content (AvgIpc) is 2.93. The van der Waals surface area contributed by atoms with Crippen molar-refractivity contribution in [1.29, 1.82) is 0 Å². The summed E-state index contributed by atoms with van der Waals surface area (Å²) in [6.07, 6.45) is 2.65. The molecule has 18 heavy (non-hydrogen) atoms. The Hall–Kier alpha value is -1.22. The summed E-state index contributed by atoms with van der Waals surface area (Å²) in [4.78, 5) is 12.1. The van der Waals surface area contributed by atoms with Gasteiger partial charge in [-0.05, 0) is 0 Å². The van der Waals surface area contributed by atoms with Crippen molar-refractivity contribution in [3.05, 3.63) is 18.9 Å². The second kappa shape index (κ2) is 4.47. The molecular weight excluding hydrogens is 256 g/mol. The summed E-state index contributed by atoms with van der Waals surface area (Å²) in [6, 6.07) is 0. The molecule has 8 heteroatoms. The van der Waals surface area contributed by atoms with Gasteiger partial charge >= 0.3 is 0 Å². The summed E-state index contributed by atoms with van der Waals surface area (Å²) in [5, 5.41) is 28.2. The van der Waals surface area contributed by atoms with Crippen molar-refractivity contribution < 1.29 is 15.3 Å². The molecule has 0 amide bonds. The molecule has 2 aromatic rings. The fourth-order valence-corrected chi connectivity index (χ4v) is 3.45. The lowest BCUT2D eigenvalue weighted by Gasteiger charge is -2.16. The molecule has 1 aliphatic heterocycles. The maximum Gasteiger partial charge on any atom is 0.164 e.